The minimum absolute atomic E-state index is 0.0956. The van der Waals surface area contributed by atoms with E-state index in [4.69, 9.17) is 4.74 Å². The molecule has 1 aromatic carbocycles. The van der Waals surface area contributed by atoms with Crippen LogP contribution in [0.2, 0.25) is 0 Å². The first-order chi connectivity index (χ1) is 11.6. The van der Waals surface area contributed by atoms with Crippen LogP contribution in [-0.2, 0) is 6.54 Å². The molecule has 24 heavy (non-hydrogen) atoms. The number of likely N-dealkylation sites (tertiary alicyclic amines) is 1. The third kappa shape index (κ3) is 3.28. The summed E-state index contributed by atoms with van der Waals surface area (Å²) in [6.07, 6.45) is 4.35. The predicted molar refractivity (Wildman–Crippen MR) is 89.9 cm³/mol. The lowest BCUT2D eigenvalue weighted by atomic mass is 10.0. The minimum atomic E-state index is -0.518. The number of carbonyl (C=O) groups excluding carboxylic acids is 1. The van der Waals surface area contributed by atoms with Crippen molar-refractivity contribution in [2.45, 2.75) is 38.5 Å². The van der Waals surface area contributed by atoms with E-state index in [0.717, 1.165) is 24.3 Å². The summed E-state index contributed by atoms with van der Waals surface area (Å²) in [6.45, 7) is 3.19. The van der Waals surface area contributed by atoms with Crippen molar-refractivity contribution in [3.8, 4) is 5.75 Å². The highest BCUT2D eigenvalue weighted by atomic mass is 16.5. The van der Waals surface area contributed by atoms with Crippen LogP contribution in [0.1, 0.15) is 41.7 Å². The summed E-state index contributed by atoms with van der Waals surface area (Å²) in [7, 11) is 1.62. The summed E-state index contributed by atoms with van der Waals surface area (Å²) in [4.78, 5) is 14.6. The monoisotopic (exact) mass is 329 g/mol. The van der Waals surface area contributed by atoms with E-state index in [0.29, 0.717) is 18.5 Å². The zero-order valence-corrected chi connectivity index (χ0v) is 14.1. The van der Waals surface area contributed by atoms with E-state index in [1.54, 1.807) is 29.1 Å². The van der Waals surface area contributed by atoms with E-state index < -0.39 is 6.10 Å². The van der Waals surface area contributed by atoms with Crippen LogP contribution in [0.15, 0.2) is 36.7 Å². The van der Waals surface area contributed by atoms with Crippen molar-refractivity contribution < 1.29 is 14.6 Å². The Hall–Kier alpha value is -2.34. The molecule has 2 heterocycles. The average molecular weight is 329 g/mol. The number of amides is 1. The number of nitrogens with zero attached hydrogens (tertiary/aromatic N) is 3. The number of aliphatic hydroxyl groups is 1. The van der Waals surface area contributed by atoms with Gasteiger partial charge >= 0.3 is 0 Å². The van der Waals surface area contributed by atoms with E-state index in [1.807, 2.05) is 24.3 Å². The molecule has 128 valence electrons. The van der Waals surface area contributed by atoms with E-state index in [2.05, 4.69) is 12.0 Å². The van der Waals surface area contributed by atoms with Crippen LogP contribution in [0.3, 0.4) is 0 Å². The molecule has 3 rings (SSSR count). The average Bonchev–Trinajstić information content (AvgIpc) is 3.21. The van der Waals surface area contributed by atoms with Gasteiger partial charge in [0, 0.05) is 19.3 Å². The largest absolute Gasteiger partial charge is 0.497 e. The van der Waals surface area contributed by atoms with Gasteiger partial charge in [0.2, 0.25) is 0 Å². The van der Waals surface area contributed by atoms with Gasteiger partial charge in [0.05, 0.1) is 31.0 Å². The Labute approximate surface area is 141 Å². The van der Waals surface area contributed by atoms with Gasteiger partial charge in [-0.3, -0.25) is 9.48 Å². The lowest BCUT2D eigenvalue weighted by molar-refractivity contribution is 0.0715. The molecule has 0 spiro atoms. The van der Waals surface area contributed by atoms with Gasteiger partial charge in [-0.25, -0.2) is 0 Å². The highest BCUT2D eigenvalue weighted by Gasteiger charge is 2.36. The van der Waals surface area contributed by atoms with E-state index in [9.17, 15) is 9.90 Å². The molecule has 1 aliphatic rings. The Balaban J connectivity index is 1.85. The van der Waals surface area contributed by atoms with Crippen molar-refractivity contribution in [1.29, 1.82) is 0 Å². The van der Waals surface area contributed by atoms with Gasteiger partial charge < -0.3 is 14.7 Å². The molecule has 2 atom stereocenters. The molecule has 0 radical (unpaired) electrons. The van der Waals surface area contributed by atoms with Crippen LogP contribution >= 0.6 is 0 Å². The number of β-amino-alcohol motifs (C(OH)–C–C–N with tert-alkyl or cyclic N) is 1. The number of rotatable bonds is 5. The summed E-state index contributed by atoms with van der Waals surface area (Å²) in [5, 5.41) is 14.3. The van der Waals surface area contributed by atoms with Gasteiger partial charge in [-0.05, 0) is 30.5 Å². The molecule has 0 bridgehead atoms. The fraction of sp³-hybridized carbons (Fsp3) is 0.444. The lowest BCUT2D eigenvalue weighted by Crippen LogP contribution is -2.31. The van der Waals surface area contributed by atoms with Gasteiger partial charge in [-0.15, -0.1) is 0 Å². The van der Waals surface area contributed by atoms with Crippen LogP contribution < -0.4 is 4.74 Å². The standard InChI is InChI=1S/C18H23N3O3/c1-3-7-20-11-14(10-19-20)18(23)21-12-15(22)9-17(21)13-5-4-6-16(8-13)24-2/h4-6,8,10-11,15,17,22H,3,7,9,12H2,1-2H3/t15-,17-/m1/s1. The van der Waals surface area contributed by atoms with Crippen LogP contribution in [0.5, 0.6) is 5.75 Å². The molecule has 1 N–H and O–H groups in total. The molecule has 1 saturated heterocycles. The van der Waals surface area contributed by atoms with E-state index in [1.165, 1.54) is 0 Å². The molecule has 6 heteroatoms. The number of benzene rings is 1. The Morgan fingerprint density at radius 2 is 2.29 bits per heavy atom. The fourth-order valence-corrected chi connectivity index (χ4v) is 3.19. The second kappa shape index (κ2) is 7.05. The maximum atomic E-state index is 12.9. The molecule has 1 amide bonds. The number of aryl methyl sites for hydroxylation is 1. The number of ether oxygens (including phenoxy) is 1. The van der Waals surface area contributed by atoms with Crippen molar-refractivity contribution in [2.24, 2.45) is 0 Å². The number of methoxy groups -OCH3 is 1. The summed E-state index contributed by atoms with van der Waals surface area (Å²) in [5.74, 6) is 0.652. The molecular weight excluding hydrogens is 306 g/mol. The molecule has 1 fully saturated rings. The Bertz CT molecular complexity index is 713. The van der Waals surface area contributed by atoms with Crippen molar-refractivity contribution in [2.75, 3.05) is 13.7 Å². The summed E-state index contributed by atoms with van der Waals surface area (Å²) < 4.78 is 7.05. The van der Waals surface area contributed by atoms with Gasteiger partial charge in [-0.1, -0.05) is 19.1 Å². The molecule has 0 aliphatic carbocycles. The summed E-state index contributed by atoms with van der Waals surface area (Å²) in [5.41, 5.74) is 1.53. The number of hydrogen-bond donors (Lipinski definition) is 1. The van der Waals surface area contributed by atoms with Crippen molar-refractivity contribution in [1.82, 2.24) is 14.7 Å². The number of hydrogen-bond acceptors (Lipinski definition) is 4. The second-order valence-corrected chi connectivity index (χ2v) is 6.13. The number of aliphatic hydroxyl groups excluding tert-OH is 1. The quantitative estimate of drug-likeness (QED) is 0.913. The lowest BCUT2D eigenvalue weighted by Gasteiger charge is -2.24. The Morgan fingerprint density at radius 3 is 3.04 bits per heavy atom. The molecule has 1 aliphatic heterocycles. The first-order valence-electron chi connectivity index (χ1n) is 8.27. The maximum absolute atomic E-state index is 12.9. The van der Waals surface area contributed by atoms with Crippen LogP contribution in [0, 0.1) is 0 Å². The Kier molecular flexibility index (Phi) is 4.85. The first-order valence-corrected chi connectivity index (χ1v) is 8.27. The van der Waals surface area contributed by atoms with E-state index in [-0.39, 0.29) is 11.9 Å². The van der Waals surface area contributed by atoms with Gasteiger partial charge in [0.25, 0.3) is 5.91 Å². The van der Waals surface area contributed by atoms with Gasteiger partial charge in [0.1, 0.15) is 5.75 Å². The first kappa shape index (κ1) is 16.5. The van der Waals surface area contributed by atoms with Crippen molar-refractivity contribution >= 4 is 5.91 Å². The number of carbonyl (C=O) groups is 1. The topological polar surface area (TPSA) is 67.6 Å². The third-order valence-corrected chi connectivity index (χ3v) is 4.35. The van der Waals surface area contributed by atoms with Crippen LogP contribution in [-0.4, -0.2) is 45.5 Å². The fourth-order valence-electron chi connectivity index (χ4n) is 3.19. The zero-order chi connectivity index (χ0) is 17.1. The van der Waals surface area contributed by atoms with Crippen LogP contribution in [0.4, 0.5) is 0 Å². The van der Waals surface area contributed by atoms with Gasteiger partial charge in [-0.2, -0.15) is 5.10 Å². The molecule has 6 nitrogen and oxygen atoms in total. The highest BCUT2D eigenvalue weighted by Crippen LogP contribution is 2.34. The molecular formula is C18H23N3O3. The molecule has 1 aromatic heterocycles. The molecule has 0 unspecified atom stereocenters. The predicted octanol–water partition coefficient (Wildman–Crippen LogP) is 2.25. The van der Waals surface area contributed by atoms with Crippen molar-refractivity contribution in [3.63, 3.8) is 0 Å². The SMILES string of the molecule is CCCn1cc(C(=O)N2C[C@H](O)C[C@@H]2c2cccc(OC)c2)cn1. The molecule has 2 aromatic rings. The minimum Gasteiger partial charge on any atom is -0.497 e. The zero-order valence-electron chi connectivity index (χ0n) is 14.1. The van der Waals surface area contributed by atoms with Crippen molar-refractivity contribution in [3.05, 3.63) is 47.8 Å². The number of aromatic nitrogens is 2. The highest BCUT2D eigenvalue weighted by molar-refractivity contribution is 5.94. The summed E-state index contributed by atoms with van der Waals surface area (Å²) in [6, 6.07) is 7.50. The normalized spacial score (nSPS) is 20.4. The van der Waals surface area contributed by atoms with Gasteiger partial charge in [0.15, 0.2) is 0 Å². The van der Waals surface area contributed by atoms with E-state index >= 15 is 0 Å². The Morgan fingerprint density at radius 1 is 1.46 bits per heavy atom. The summed E-state index contributed by atoms with van der Waals surface area (Å²) >= 11 is 0. The second-order valence-electron chi connectivity index (χ2n) is 6.13. The molecule has 0 saturated carbocycles. The third-order valence-electron chi connectivity index (χ3n) is 4.35. The maximum Gasteiger partial charge on any atom is 0.257 e. The smallest absolute Gasteiger partial charge is 0.257 e. The van der Waals surface area contributed by atoms with Crippen LogP contribution in [0.25, 0.3) is 0 Å².